The maximum absolute atomic E-state index is 11.8. The Labute approximate surface area is 103 Å². The van der Waals surface area contributed by atoms with Crippen molar-refractivity contribution in [2.75, 3.05) is 0 Å². The van der Waals surface area contributed by atoms with Crippen molar-refractivity contribution in [3.8, 4) is 0 Å². The average Bonchev–Trinajstić information content (AvgIpc) is 2.20. The maximum Gasteiger partial charge on any atom is 0.326 e. The highest BCUT2D eigenvalue weighted by molar-refractivity contribution is 5.87. The van der Waals surface area contributed by atoms with Crippen molar-refractivity contribution in [2.24, 2.45) is 11.1 Å². The quantitative estimate of drug-likeness (QED) is 0.652. The van der Waals surface area contributed by atoms with Gasteiger partial charge in [-0.3, -0.25) is 4.79 Å². The second-order valence-electron chi connectivity index (χ2n) is 5.39. The summed E-state index contributed by atoms with van der Waals surface area (Å²) < 4.78 is 0. The molecule has 0 aliphatic carbocycles. The van der Waals surface area contributed by atoms with Gasteiger partial charge in [-0.15, -0.1) is 0 Å². The summed E-state index contributed by atoms with van der Waals surface area (Å²) in [6.07, 6.45) is 2.10. The van der Waals surface area contributed by atoms with Crippen LogP contribution in [0.5, 0.6) is 0 Å². The molecule has 0 spiro atoms. The number of nitrogens with two attached hydrogens (primary N) is 1. The van der Waals surface area contributed by atoms with Crippen molar-refractivity contribution >= 4 is 11.9 Å². The van der Waals surface area contributed by atoms with E-state index in [-0.39, 0.29) is 5.41 Å². The molecule has 5 heteroatoms. The molecule has 5 nitrogen and oxygen atoms in total. The van der Waals surface area contributed by atoms with E-state index in [9.17, 15) is 9.59 Å². The van der Waals surface area contributed by atoms with Gasteiger partial charge in [-0.25, -0.2) is 4.79 Å². The number of carbonyl (C=O) groups is 2. The molecule has 0 saturated carbocycles. The molecule has 0 aliphatic rings. The van der Waals surface area contributed by atoms with E-state index in [4.69, 9.17) is 10.8 Å². The number of rotatable bonds is 6. The van der Waals surface area contributed by atoms with Gasteiger partial charge in [0.25, 0.3) is 0 Å². The van der Waals surface area contributed by atoms with E-state index >= 15 is 0 Å². The Kier molecular flexibility index (Phi) is 6.16. The minimum Gasteiger partial charge on any atom is -0.480 e. The number of carboxylic acids is 1. The highest BCUT2D eigenvalue weighted by atomic mass is 16.4. The monoisotopic (exact) mass is 244 g/mol. The van der Waals surface area contributed by atoms with E-state index in [0.717, 1.165) is 12.8 Å². The number of unbranched alkanes of at least 4 members (excludes halogenated alkanes) is 1. The van der Waals surface area contributed by atoms with E-state index < -0.39 is 24.0 Å². The highest BCUT2D eigenvalue weighted by Crippen LogP contribution is 2.17. The molecule has 100 valence electrons. The third kappa shape index (κ3) is 5.68. The maximum atomic E-state index is 11.8. The zero-order chi connectivity index (χ0) is 13.6. The number of carboxylic acid groups (broad SMARTS) is 1. The minimum atomic E-state index is -1.01. The first-order valence-electron chi connectivity index (χ1n) is 5.99. The molecule has 0 aromatic heterocycles. The van der Waals surface area contributed by atoms with E-state index in [0.29, 0.717) is 6.42 Å². The Hall–Kier alpha value is -1.10. The van der Waals surface area contributed by atoms with Crippen molar-refractivity contribution in [1.29, 1.82) is 0 Å². The molecule has 0 radical (unpaired) electrons. The smallest absolute Gasteiger partial charge is 0.326 e. The van der Waals surface area contributed by atoms with Crippen LogP contribution < -0.4 is 11.1 Å². The summed E-state index contributed by atoms with van der Waals surface area (Å²) in [7, 11) is 0. The molecular weight excluding hydrogens is 220 g/mol. The van der Waals surface area contributed by atoms with Crippen LogP contribution >= 0.6 is 0 Å². The van der Waals surface area contributed by atoms with Gasteiger partial charge < -0.3 is 16.2 Å². The number of amides is 1. The largest absolute Gasteiger partial charge is 0.480 e. The van der Waals surface area contributed by atoms with E-state index in [2.05, 4.69) is 5.32 Å². The molecular formula is C12H24N2O3. The average molecular weight is 244 g/mol. The van der Waals surface area contributed by atoms with E-state index in [1.807, 2.05) is 27.7 Å². The van der Waals surface area contributed by atoms with Gasteiger partial charge in [0.15, 0.2) is 0 Å². The van der Waals surface area contributed by atoms with Crippen LogP contribution in [-0.4, -0.2) is 29.1 Å². The van der Waals surface area contributed by atoms with Crippen LogP contribution in [0.4, 0.5) is 0 Å². The van der Waals surface area contributed by atoms with Crippen LogP contribution in [0, 0.1) is 5.41 Å². The summed E-state index contributed by atoms with van der Waals surface area (Å²) in [5.41, 5.74) is 5.39. The molecule has 0 aliphatic heterocycles. The Balaban J connectivity index is 4.45. The van der Waals surface area contributed by atoms with E-state index in [1.54, 1.807) is 0 Å². The van der Waals surface area contributed by atoms with Crippen molar-refractivity contribution in [3.63, 3.8) is 0 Å². The second-order valence-corrected chi connectivity index (χ2v) is 5.39. The molecule has 1 amide bonds. The molecule has 2 atom stereocenters. The molecule has 0 heterocycles. The third-order valence-electron chi connectivity index (χ3n) is 2.68. The predicted molar refractivity (Wildman–Crippen MR) is 66.5 cm³/mol. The molecule has 1 unspecified atom stereocenters. The summed E-state index contributed by atoms with van der Waals surface area (Å²) in [5.74, 6) is -1.41. The van der Waals surface area contributed by atoms with Gasteiger partial charge in [-0.05, 0) is 11.8 Å². The lowest BCUT2D eigenvalue weighted by atomic mass is 9.86. The highest BCUT2D eigenvalue weighted by Gasteiger charge is 2.30. The Morgan fingerprint density at radius 2 is 1.88 bits per heavy atom. The lowest BCUT2D eigenvalue weighted by Crippen LogP contribution is -2.53. The standard InChI is InChI=1S/C12H24N2O3/c1-5-6-7-8(11(16)17)14-10(15)9(13)12(2,3)4/h8-9H,5-7,13H2,1-4H3,(H,14,15)(H,16,17)/t8?,9-/m0/s1. The first kappa shape index (κ1) is 15.9. The normalized spacial score (nSPS) is 15.1. The van der Waals surface area contributed by atoms with Crippen LogP contribution in [0.3, 0.4) is 0 Å². The number of hydrogen-bond donors (Lipinski definition) is 3. The Bertz CT molecular complexity index is 271. The first-order chi connectivity index (χ1) is 7.70. The fourth-order valence-corrected chi connectivity index (χ4v) is 1.32. The van der Waals surface area contributed by atoms with Gasteiger partial charge in [0.05, 0.1) is 6.04 Å². The Morgan fingerprint density at radius 1 is 1.35 bits per heavy atom. The SMILES string of the molecule is CCCCC(NC(=O)[C@H](N)C(C)(C)C)C(=O)O. The van der Waals surface area contributed by atoms with Crippen molar-refractivity contribution in [1.82, 2.24) is 5.32 Å². The molecule has 0 aromatic carbocycles. The summed E-state index contributed by atoms with van der Waals surface area (Å²) in [6.45, 7) is 7.51. The predicted octanol–water partition coefficient (Wildman–Crippen LogP) is 1.12. The lowest BCUT2D eigenvalue weighted by Gasteiger charge is -2.27. The fourth-order valence-electron chi connectivity index (χ4n) is 1.32. The van der Waals surface area contributed by atoms with Crippen molar-refractivity contribution < 1.29 is 14.7 Å². The van der Waals surface area contributed by atoms with Gasteiger partial charge in [0.2, 0.25) is 5.91 Å². The topological polar surface area (TPSA) is 92.4 Å². The van der Waals surface area contributed by atoms with Gasteiger partial charge >= 0.3 is 5.97 Å². The lowest BCUT2D eigenvalue weighted by molar-refractivity contribution is -0.142. The summed E-state index contributed by atoms with van der Waals surface area (Å²) >= 11 is 0. The van der Waals surface area contributed by atoms with E-state index in [1.165, 1.54) is 0 Å². The molecule has 17 heavy (non-hydrogen) atoms. The van der Waals surface area contributed by atoms with Crippen LogP contribution in [-0.2, 0) is 9.59 Å². The molecule has 4 N–H and O–H groups in total. The molecule has 0 bridgehead atoms. The summed E-state index contributed by atoms with van der Waals surface area (Å²) in [5, 5.41) is 11.5. The fraction of sp³-hybridized carbons (Fsp3) is 0.833. The van der Waals surface area contributed by atoms with Gasteiger partial charge in [-0.1, -0.05) is 40.5 Å². The molecule has 0 saturated heterocycles. The summed E-state index contributed by atoms with van der Waals surface area (Å²) in [4.78, 5) is 22.7. The number of hydrogen-bond acceptors (Lipinski definition) is 3. The molecule has 0 aromatic rings. The van der Waals surface area contributed by atoms with Crippen molar-refractivity contribution in [3.05, 3.63) is 0 Å². The minimum absolute atomic E-state index is 0.377. The number of carbonyl (C=O) groups excluding carboxylic acids is 1. The van der Waals surface area contributed by atoms with Crippen LogP contribution in [0.2, 0.25) is 0 Å². The summed E-state index contributed by atoms with van der Waals surface area (Å²) in [6, 6.07) is -1.54. The van der Waals surface area contributed by atoms with Crippen molar-refractivity contribution in [2.45, 2.75) is 59.0 Å². The molecule has 0 rings (SSSR count). The van der Waals surface area contributed by atoms with Crippen LogP contribution in [0.1, 0.15) is 47.0 Å². The first-order valence-corrected chi connectivity index (χ1v) is 5.99. The second kappa shape index (κ2) is 6.59. The molecule has 0 fully saturated rings. The van der Waals surface area contributed by atoms with Gasteiger partial charge in [-0.2, -0.15) is 0 Å². The Morgan fingerprint density at radius 3 is 2.24 bits per heavy atom. The third-order valence-corrected chi connectivity index (χ3v) is 2.68. The van der Waals surface area contributed by atoms with Gasteiger partial charge in [0, 0.05) is 0 Å². The van der Waals surface area contributed by atoms with Crippen LogP contribution in [0.25, 0.3) is 0 Å². The zero-order valence-corrected chi connectivity index (χ0v) is 11.1. The number of nitrogens with one attached hydrogen (secondary N) is 1. The number of aliphatic carboxylic acids is 1. The zero-order valence-electron chi connectivity index (χ0n) is 11.1. The van der Waals surface area contributed by atoms with Gasteiger partial charge in [0.1, 0.15) is 6.04 Å². The van der Waals surface area contributed by atoms with Crippen LogP contribution in [0.15, 0.2) is 0 Å².